The largest absolute Gasteiger partial charge is 0.500 e. The minimum atomic E-state index is 0.213. The van der Waals surface area contributed by atoms with E-state index >= 15 is 0 Å². The van der Waals surface area contributed by atoms with Crippen molar-refractivity contribution >= 4 is 5.78 Å². The summed E-state index contributed by atoms with van der Waals surface area (Å²) in [6.07, 6.45) is 15.7. The van der Waals surface area contributed by atoms with E-state index in [0.717, 1.165) is 24.2 Å². The lowest BCUT2D eigenvalue weighted by Crippen LogP contribution is -2.22. The van der Waals surface area contributed by atoms with Crippen molar-refractivity contribution in [2.75, 3.05) is 7.11 Å². The molecule has 0 saturated heterocycles. The van der Waals surface area contributed by atoms with Gasteiger partial charge in [0, 0.05) is 17.4 Å². The molecule has 0 N–H and O–H groups in total. The molecular formula is C20H30O2. The van der Waals surface area contributed by atoms with Crippen molar-refractivity contribution in [3.05, 3.63) is 23.5 Å². The smallest absolute Gasteiger partial charge is 0.166 e. The Morgan fingerprint density at radius 3 is 2.32 bits per heavy atom. The Balaban J connectivity index is 1.52. The van der Waals surface area contributed by atoms with Gasteiger partial charge < -0.3 is 4.74 Å². The molecule has 2 heteroatoms. The van der Waals surface area contributed by atoms with Crippen LogP contribution in [0.4, 0.5) is 0 Å². The van der Waals surface area contributed by atoms with Gasteiger partial charge in [-0.3, -0.25) is 4.79 Å². The van der Waals surface area contributed by atoms with Gasteiger partial charge in [-0.25, -0.2) is 0 Å². The molecule has 0 aliphatic heterocycles. The van der Waals surface area contributed by atoms with Crippen LogP contribution in [0.1, 0.15) is 64.7 Å². The van der Waals surface area contributed by atoms with E-state index in [1.165, 1.54) is 44.9 Å². The van der Waals surface area contributed by atoms with Crippen molar-refractivity contribution in [2.45, 2.75) is 64.7 Å². The third kappa shape index (κ3) is 2.77. The number of Topliss-reactive ketones (excluding diaryl/α,β-unsaturated/α-hetero) is 1. The van der Waals surface area contributed by atoms with Crippen LogP contribution in [0.5, 0.6) is 0 Å². The molecule has 122 valence electrons. The molecule has 1 fully saturated rings. The second-order valence-corrected chi connectivity index (χ2v) is 7.28. The van der Waals surface area contributed by atoms with E-state index in [1.807, 2.05) is 0 Å². The second kappa shape index (κ2) is 7.02. The van der Waals surface area contributed by atoms with Crippen molar-refractivity contribution in [1.29, 1.82) is 0 Å². The van der Waals surface area contributed by atoms with Crippen molar-refractivity contribution in [1.82, 2.24) is 0 Å². The van der Waals surface area contributed by atoms with Gasteiger partial charge in [-0.1, -0.05) is 57.6 Å². The number of hydrogen-bond acceptors (Lipinski definition) is 2. The summed E-state index contributed by atoms with van der Waals surface area (Å²) in [5.41, 5.74) is 1.03. The van der Waals surface area contributed by atoms with Crippen molar-refractivity contribution in [3.63, 3.8) is 0 Å². The van der Waals surface area contributed by atoms with Gasteiger partial charge in [0.15, 0.2) is 5.78 Å². The third-order valence-electron chi connectivity index (χ3n) is 5.91. The summed E-state index contributed by atoms with van der Waals surface area (Å²) in [5.74, 6) is 3.07. The quantitative estimate of drug-likeness (QED) is 0.440. The van der Waals surface area contributed by atoms with E-state index in [4.69, 9.17) is 4.74 Å². The number of ether oxygens (including phenoxy) is 1. The lowest BCUT2D eigenvalue weighted by atomic mass is 9.84. The number of fused-ring (bicyclic) bond motifs is 5. The molecule has 0 unspecified atom stereocenters. The van der Waals surface area contributed by atoms with Gasteiger partial charge in [-0.15, -0.1) is 0 Å². The predicted molar refractivity (Wildman–Crippen MR) is 89.4 cm³/mol. The first-order valence-corrected chi connectivity index (χ1v) is 9.27. The molecule has 3 rings (SSSR count). The lowest BCUT2D eigenvalue weighted by molar-refractivity contribution is -0.119. The average molecular weight is 302 g/mol. The Kier molecular flexibility index (Phi) is 5.05. The fraction of sp³-hybridized carbons (Fsp3) is 0.750. The maximum Gasteiger partial charge on any atom is 0.166 e. The molecular weight excluding hydrogens is 272 g/mol. The number of methoxy groups -OCH3 is 1. The van der Waals surface area contributed by atoms with E-state index in [1.54, 1.807) is 7.11 Å². The van der Waals surface area contributed by atoms with E-state index in [9.17, 15) is 4.79 Å². The minimum absolute atomic E-state index is 0.213. The highest BCUT2D eigenvalue weighted by atomic mass is 16.5. The van der Waals surface area contributed by atoms with E-state index in [0.29, 0.717) is 23.5 Å². The number of ketones is 1. The topological polar surface area (TPSA) is 26.3 Å². The standard InChI is InChI=1S/C20H30O2/c1-3-4-5-6-7-8-9-10-16-19(21)17-14-11-12-15(13-14)18(17)20(16)22-2/h11-12,14-15,17-18H,3-10,13H2,1-2H3/t14-,15+,17-,18+/m1/s1. The van der Waals surface area contributed by atoms with Gasteiger partial charge in [0.25, 0.3) is 0 Å². The van der Waals surface area contributed by atoms with Crippen LogP contribution >= 0.6 is 0 Å². The molecule has 2 bridgehead atoms. The van der Waals surface area contributed by atoms with Crippen LogP contribution in [0.2, 0.25) is 0 Å². The summed E-state index contributed by atoms with van der Waals surface area (Å²) in [7, 11) is 1.76. The van der Waals surface area contributed by atoms with Crippen LogP contribution in [0, 0.1) is 23.7 Å². The molecule has 3 aliphatic rings. The summed E-state index contributed by atoms with van der Waals surface area (Å²) in [4.78, 5) is 12.8. The molecule has 0 aromatic carbocycles. The molecule has 0 spiro atoms. The van der Waals surface area contributed by atoms with E-state index in [2.05, 4.69) is 19.1 Å². The van der Waals surface area contributed by atoms with Crippen molar-refractivity contribution in [3.8, 4) is 0 Å². The summed E-state index contributed by atoms with van der Waals surface area (Å²) in [6, 6.07) is 0. The maximum absolute atomic E-state index is 12.8. The van der Waals surface area contributed by atoms with Gasteiger partial charge in [-0.05, 0) is 31.1 Å². The molecule has 22 heavy (non-hydrogen) atoms. The molecule has 1 saturated carbocycles. The first-order valence-electron chi connectivity index (χ1n) is 9.27. The molecule has 0 amide bonds. The minimum Gasteiger partial charge on any atom is -0.500 e. The number of rotatable bonds is 9. The van der Waals surface area contributed by atoms with E-state index < -0.39 is 0 Å². The third-order valence-corrected chi connectivity index (χ3v) is 5.91. The summed E-state index contributed by atoms with van der Waals surface area (Å²) >= 11 is 0. The van der Waals surface area contributed by atoms with Gasteiger partial charge in [0.05, 0.1) is 7.11 Å². The fourth-order valence-electron chi connectivity index (χ4n) is 4.83. The summed E-state index contributed by atoms with van der Waals surface area (Å²) in [5, 5.41) is 0. The first kappa shape index (κ1) is 15.8. The zero-order valence-corrected chi connectivity index (χ0v) is 14.1. The van der Waals surface area contributed by atoms with Crippen LogP contribution in [-0.2, 0) is 9.53 Å². The van der Waals surface area contributed by atoms with Gasteiger partial charge >= 0.3 is 0 Å². The normalized spacial score (nSPS) is 32.2. The molecule has 0 heterocycles. The number of allylic oxidation sites excluding steroid dienone is 4. The number of carbonyl (C=O) groups excluding carboxylic acids is 1. The molecule has 0 aromatic rings. The predicted octanol–water partition coefficient (Wildman–Crippen LogP) is 5.05. The van der Waals surface area contributed by atoms with Crippen LogP contribution in [0.15, 0.2) is 23.5 Å². The van der Waals surface area contributed by atoms with Crippen LogP contribution in [0.3, 0.4) is 0 Å². The average Bonchev–Trinajstić information content (AvgIpc) is 3.19. The highest BCUT2D eigenvalue weighted by Gasteiger charge is 2.55. The SMILES string of the molecule is CCCCCCCCCC1=C(OC)[C@@H]2[C@H](C1=O)[C@@H]1C=C[C@H]2C1. The molecule has 4 atom stereocenters. The number of carbonyl (C=O) groups is 1. The molecule has 2 nitrogen and oxygen atoms in total. The van der Waals surface area contributed by atoms with Gasteiger partial charge in [0.1, 0.15) is 5.76 Å². The molecule has 3 aliphatic carbocycles. The molecule has 0 aromatic heterocycles. The fourth-order valence-corrected chi connectivity index (χ4v) is 4.83. The first-order chi connectivity index (χ1) is 10.8. The van der Waals surface area contributed by atoms with Crippen LogP contribution in [0.25, 0.3) is 0 Å². The lowest BCUT2D eigenvalue weighted by Gasteiger charge is -2.21. The Hall–Kier alpha value is -1.05. The van der Waals surface area contributed by atoms with Gasteiger partial charge in [0.2, 0.25) is 0 Å². The van der Waals surface area contributed by atoms with Crippen LogP contribution < -0.4 is 0 Å². The highest BCUT2D eigenvalue weighted by molar-refractivity contribution is 6.01. The van der Waals surface area contributed by atoms with E-state index in [-0.39, 0.29) is 5.92 Å². The summed E-state index contributed by atoms with van der Waals surface area (Å²) < 4.78 is 5.70. The highest BCUT2D eigenvalue weighted by Crippen LogP contribution is 2.56. The van der Waals surface area contributed by atoms with Crippen LogP contribution in [-0.4, -0.2) is 12.9 Å². The Labute approximate surface area is 135 Å². The number of hydrogen-bond donors (Lipinski definition) is 0. The Bertz CT molecular complexity index is 474. The Morgan fingerprint density at radius 1 is 1.00 bits per heavy atom. The van der Waals surface area contributed by atoms with Gasteiger partial charge in [-0.2, -0.15) is 0 Å². The monoisotopic (exact) mass is 302 g/mol. The zero-order valence-electron chi connectivity index (χ0n) is 14.1. The molecule has 0 radical (unpaired) electrons. The Morgan fingerprint density at radius 2 is 1.64 bits per heavy atom. The number of unbranched alkanes of at least 4 members (excludes halogenated alkanes) is 6. The van der Waals surface area contributed by atoms with Crippen molar-refractivity contribution in [2.24, 2.45) is 23.7 Å². The zero-order chi connectivity index (χ0) is 15.5. The maximum atomic E-state index is 12.8. The second-order valence-electron chi connectivity index (χ2n) is 7.28. The summed E-state index contributed by atoms with van der Waals surface area (Å²) in [6.45, 7) is 2.25. The van der Waals surface area contributed by atoms with Crippen molar-refractivity contribution < 1.29 is 9.53 Å².